The van der Waals surface area contributed by atoms with Gasteiger partial charge in [0.25, 0.3) is 0 Å². The minimum atomic E-state index is -0.149. The van der Waals surface area contributed by atoms with Gasteiger partial charge in [0, 0.05) is 12.2 Å². The van der Waals surface area contributed by atoms with Gasteiger partial charge in [-0.15, -0.1) is 0 Å². The van der Waals surface area contributed by atoms with Gasteiger partial charge in [0.05, 0.1) is 13.2 Å². The lowest BCUT2D eigenvalue weighted by Crippen LogP contribution is -2.38. The van der Waals surface area contributed by atoms with E-state index in [1.165, 1.54) is 11.1 Å². The summed E-state index contributed by atoms with van der Waals surface area (Å²) in [7, 11) is 1.63. The predicted octanol–water partition coefficient (Wildman–Crippen LogP) is 8.01. The van der Waals surface area contributed by atoms with E-state index in [-0.39, 0.29) is 17.5 Å². The Kier molecular flexibility index (Phi) is 8.29. The van der Waals surface area contributed by atoms with Crippen LogP contribution in [0.2, 0.25) is 0 Å². The minimum absolute atomic E-state index is 0.0733. The number of carbonyl (C=O) groups is 1. The van der Waals surface area contributed by atoms with Gasteiger partial charge >= 0.3 is 6.03 Å². The monoisotopic (exact) mass is 492 g/mol. The SMILES string of the molecule is COc1ccc(NC(=O)N(Cc2ccc(C(C)(C)C)cc2)C(Cc2ccccc2)c2ccccc2)cc1. The van der Waals surface area contributed by atoms with Crippen LogP contribution in [0.25, 0.3) is 0 Å². The molecular weight excluding hydrogens is 456 g/mol. The lowest BCUT2D eigenvalue weighted by molar-refractivity contribution is 0.183. The van der Waals surface area contributed by atoms with Gasteiger partial charge in [0.1, 0.15) is 5.75 Å². The van der Waals surface area contributed by atoms with Gasteiger partial charge in [-0.1, -0.05) is 106 Å². The van der Waals surface area contributed by atoms with Crippen molar-refractivity contribution in [2.75, 3.05) is 12.4 Å². The molecule has 190 valence electrons. The van der Waals surface area contributed by atoms with Crippen LogP contribution in [-0.4, -0.2) is 18.0 Å². The summed E-state index contributed by atoms with van der Waals surface area (Å²) in [6.07, 6.45) is 0.709. The molecule has 0 radical (unpaired) electrons. The van der Waals surface area contributed by atoms with Crippen molar-refractivity contribution < 1.29 is 9.53 Å². The Morgan fingerprint density at radius 3 is 1.95 bits per heavy atom. The number of amides is 2. The fourth-order valence-electron chi connectivity index (χ4n) is 4.42. The van der Waals surface area contributed by atoms with Crippen LogP contribution in [0.4, 0.5) is 10.5 Å². The Bertz CT molecular complexity index is 1260. The van der Waals surface area contributed by atoms with Crippen LogP contribution in [0.15, 0.2) is 109 Å². The number of ether oxygens (including phenoxy) is 1. The Morgan fingerprint density at radius 2 is 1.38 bits per heavy atom. The number of hydrogen-bond donors (Lipinski definition) is 1. The van der Waals surface area contributed by atoms with Gasteiger partial charge in [-0.3, -0.25) is 0 Å². The molecule has 0 bridgehead atoms. The van der Waals surface area contributed by atoms with Gasteiger partial charge in [-0.2, -0.15) is 0 Å². The quantitative estimate of drug-likeness (QED) is 0.271. The normalized spacial score (nSPS) is 12.0. The van der Waals surface area contributed by atoms with Crippen molar-refractivity contribution in [1.29, 1.82) is 0 Å². The number of benzene rings is 4. The van der Waals surface area contributed by atoms with Crippen molar-refractivity contribution in [3.63, 3.8) is 0 Å². The van der Waals surface area contributed by atoms with Crippen molar-refractivity contribution in [2.45, 2.75) is 45.2 Å². The van der Waals surface area contributed by atoms with Crippen LogP contribution in [0, 0.1) is 0 Å². The van der Waals surface area contributed by atoms with Crippen LogP contribution in [0.1, 0.15) is 49.1 Å². The summed E-state index contributed by atoms with van der Waals surface area (Å²) in [5.74, 6) is 0.750. The second-order valence-electron chi connectivity index (χ2n) is 10.3. The number of urea groups is 1. The first kappa shape index (κ1) is 26.0. The number of nitrogens with zero attached hydrogens (tertiary/aromatic N) is 1. The van der Waals surface area contributed by atoms with Crippen LogP contribution in [0.5, 0.6) is 5.75 Å². The summed E-state index contributed by atoms with van der Waals surface area (Å²) in [6.45, 7) is 7.12. The van der Waals surface area contributed by atoms with E-state index in [2.05, 4.69) is 74.6 Å². The highest BCUT2D eigenvalue weighted by Crippen LogP contribution is 2.29. The van der Waals surface area contributed by atoms with E-state index in [0.29, 0.717) is 13.0 Å². The molecule has 4 rings (SSSR count). The highest BCUT2D eigenvalue weighted by Gasteiger charge is 2.26. The van der Waals surface area contributed by atoms with E-state index in [1.54, 1.807) is 7.11 Å². The van der Waals surface area contributed by atoms with Gasteiger partial charge in [-0.25, -0.2) is 4.79 Å². The molecule has 37 heavy (non-hydrogen) atoms. The molecule has 4 aromatic carbocycles. The number of methoxy groups -OCH3 is 1. The summed E-state index contributed by atoms with van der Waals surface area (Å²) in [5.41, 5.74) is 5.44. The van der Waals surface area contributed by atoms with E-state index < -0.39 is 0 Å². The Balaban J connectivity index is 1.69. The average Bonchev–Trinajstić information content (AvgIpc) is 2.92. The van der Waals surface area contributed by atoms with Crippen molar-refractivity contribution in [2.24, 2.45) is 0 Å². The highest BCUT2D eigenvalue weighted by atomic mass is 16.5. The van der Waals surface area contributed by atoms with E-state index >= 15 is 0 Å². The second kappa shape index (κ2) is 11.8. The average molecular weight is 493 g/mol. The zero-order chi connectivity index (χ0) is 26.3. The Labute approximate surface area is 220 Å². The highest BCUT2D eigenvalue weighted by molar-refractivity contribution is 5.89. The summed E-state index contributed by atoms with van der Waals surface area (Å²) in [4.78, 5) is 15.8. The maximum atomic E-state index is 13.9. The second-order valence-corrected chi connectivity index (χ2v) is 10.3. The van der Waals surface area contributed by atoms with Crippen LogP contribution >= 0.6 is 0 Å². The largest absolute Gasteiger partial charge is 0.497 e. The smallest absolute Gasteiger partial charge is 0.322 e. The fourth-order valence-corrected chi connectivity index (χ4v) is 4.42. The summed E-state index contributed by atoms with van der Waals surface area (Å²) < 4.78 is 5.27. The summed E-state index contributed by atoms with van der Waals surface area (Å²) in [5, 5.41) is 3.12. The van der Waals surface area contributed by atoms with E-state index in [9.17, 15) is 4.79 Å². The number of anilines is 1. The minimum Gasteiger partial charge on any atom is -0.497 e. The molecule has 4 heteroatoms. The molecule has 0 aliphatic heterocycles. The van der Waals surface area contributed by atoms with Crippen LogP contribution < -0.4 is 10.1 Å². The zero-order valence-corrected chi connectivity index (χ0v) is 22.1. The van der Waals surface area contributed by atoms with Crippen molar-refractivity contribution in [1.82, 2.24) is 4.90 Å². The standard InChI is InChI=1S/C33H36N2O2/c1-33(2,3)28-17-15-26(16-18-28)24-35(32(36)34-29-19-21-30(37-4)22-20-29)31(27-13-9-6-10-14-27)23-25-11-7-5-8-12-25/h5-22,31H,23-24H2,1-4H3,(H,34,36). The molecule has 1 N–H and O–H groups in total. The fraction of sp³-hybridized carbons (Fsp3) is 0.242. The van der Waals surface area contributed by atoms with Crippen molar-refractivity contribution in [3.8, 4) is 5.75 Å². The van der Waals surface area contributed by atoms with E-state index in [1.807, 2.05) is 65.6 Å². The summed E-state index contributed by atoms with van der Waals surface area (Å²) in [6, 6.07) is 36.4. The molecule has 0 saturated carbocycles. The number of nitrogens with one attached hydrogen (secondary N) is 1. The molecule has 2 amide bonds. The van der Waals surface area contributed by atoms with E-state index in [4.69, 9.17) is 4.74 Å². The Morgan fingerprint density at radius 1 is 0.784 bits per heavy atom. The molecule has 0 aromatic heterocycles. The van der Waals surface area contributed by atoms with Crippen molar-refractivity contribution in [3.05, 3.63) is 131 Å². The van der Waals surface area contributed by atoms with Gasteiger partial charge in [0.15, 0.2) is 0 Å². The number of hydrogen-bond acceptors (Lipinski definition) is 2. The summed E-state index contributed by atoms with van der Waals surface area (Å²) >= 11 is 0. The van der Waals surface area contributed by atoms with Crippen LogP contribution in [0.3, 0.4) is 0 Å². The van der Waals surface area contributed by atoms with Crippen molar-refractivity contribution >= 4 is 11.7 Å². The molecule has 0 heterocycles. The number of carbonyl (C=O) groups excluding carboxylic acids is 1. The molecule has 0 fully saturated rings. The van der Waals surface area contributed by atoms with E-state index in [0.717, 1.165) is 22.6 Å². The molecule has 0 spiro atoms. The molecule has 4 nitrogen and oxygen atoms in total. The number of rotatable bonds is 8. The molecule has 0 aliphatic rings. The first-order valence-corrected chi connectivity index (χ1v) is 12.7. The molecule has 0 saturated heterocycles. The zero-order valence-electron chi connectivity index (χ0n) is 22.1. The topological polar surface area (TPSA) is 41.6 Å². The lowest BCUT2D eigenvalue weighted by Gasteiger charge is -2.33. The molecule has 1 unspecified atom stereocenters. The third kappa shape index (κ3) is 7.01. The lowest BCUT2D eigenvalue weighted by atomic mass is 9.86. The molecular formula is C33H36N2O2. The molecule has 0 aliphatic carbocycles. The van der Waals surface area contributed by atoms with Crippen LogP contribution in [-0.2, 0) is 18.4 Å². The predicted molar refractivity (Wildman–Crippen MR) is 152 cm³/mol. The third-order valence-corrected chi connectivity index (χ3v) is 6.61. The maximum absolute atomic E-state index is 13.9. The first-order valence-electron chi connectivity index (χ1n) is 12.7. The van der Waals surface area contributed by atoms with Gasteiger partial charge < -0.3 is 15.0 Å². The molecule has 1 atom stereocenters. The van der Waals surface area contributed by atoms with Gasteiger partial charge in [-0.05, 0) is 58.4 Å². The Hall–Kier alpha value is -4.05. The first-order chi connectivity index (χ1) is 17.8. The third-order valence-electron chi connectivity index (χ3n) is 6.61. The van der Waals surface area contributed by atoms with Gasteiger partial charge in [0.2, 0.25) is 0 Å². The maximum Gasteiger partial charge on any atom is 0.322 e. The molecule has 4 aromatic rings.